The van der Waals surface area contributed by atoms with Gasteiger partial charge in [0.15, 0.2) is 0 Å². The van der Waals surface area contributed by atoms with Gasteiger partial charge in [-0.3, -0.25) is 9.48 Å². The minimum Gasteiger partial charge on any atom is -0.480 e. The standard InChI is InChI=1S/C12H15N3O4S/c1-7-8-5-9(20-12(8)15(2)14-7)11(18)13-3-4-19-6-10(16)17/h5H,3-4,6H2,1-2H3,(H,13,18)(H,16,17). The van der Waals surface area contributed by atoms with E-state index in [1.54, 1.807) is 4.68 Å². The lowest BCUT2D eigenvalue weighted by atomic mass is 10.3. The molecule has 0 bridgehead atoms. The molecule has 1 amide bonds. The summed E-state index contributed by atoms with van der Waals surface area (Å²) in [6.45, 7) is 1.99. The molecule has 0 fully saturated rings. The van der Waals surface area contributed by atoms with Crippen molar-refractivity contribution in [2.45, 2.75) is 6.92 Å². The Balaban J connectivity index is 1.91. The number of aryl methyl sites for hydroxylation is 2. The van der Waals surface area contributed by atoms with E-state index in [1.165, 1.54) is 11.3 Å². The summed E-state index contributed by atoms with van der Waals surface area (Å²) >= 11 is 1.38. The van der Waals surface area contributed by atoms with Crippen LogP contribution < -0.4 is 5.32 Å². The zero-order valence-electron chi connectivity index (χ0n) is 11.2. The minimum absolute atomic E-state index is 0.170. The van der Waals surface area contributed by atoms with Crippen molar-refractivity contribution >= 4 is 33.4 Å². The summed E-state index contributed by atoms with van der Waals surface area (Å²) in [5, 5.41) is 16.3. The van der Waals surface area contributed by atoms with E-state index in [4.69, 9.17) is 9.84 Å². The lowest BCUT2D eigenvalue weighted by molar-refractivity contribution is -0.142. The van der Waals surface area contributed by atoms with Gasteiger partial charge >= 0.3 is 5.97 Å². The van der Waals surface area contributed by atoms with Crippen molar-refractivity contribution in [3.8, 4) is 0 Å². The van der Waals surface area contributed by atoms with Crippen LogP contribution in [0.2, 0.25) is 0 Å². The first-order valence-corrected chi connectivity index (χ1v) is 6.81. The number of amides is 1. The molecule has 0 saturated heterocycles. The summed E-state index contributed by atoms with van der Waals surface area (Å²) in [5.74, 6) is -1.21. The fourth-order valence-electron chi connectivity index (χ4n) is 1.80. The van der Waals surface area contributed by atoms with Crippen LogP contribution in [0.3, 0.4) is 0 Å². The third-order valence-corrected chi connectivity index (χ3v) is 3.88. The fourth-order valence-corrected chi connectivity index (χ4v) is 2.84. The van der Waals surface area contributed by atoms with E-state index < -0.39 is 5.97 Å². The molecule has 0 atom stereocenters. The quantitative estimate of drug-likeness (QED) is 0.768. The molecule has 0 saturated carbocycles. The molecule has 0 radical (unpaired) electrons. The molecular formula is C12H15N3O4S. The Morgan fingerprint density at radius 2 is 2.30 bits per heavy atom. The van der Waals surface area contributed by atoms with Crippen molar-refractivity contribution < 1.29 is 19.4 Å². The van der Waals surface area contributed by atoms with Gasteiger partial charge in [-0.15, -0.1) is 11.3 Å². The zero-order valence-corrected chi connectivity index (χ0v) is 12.0. The summed E-state index contributed by atoms with van der Waals surface area (Å²) in [7, 11) is 1.84. The third kappa shape index (κ3) is 3.14. The van der Waals surface area contributed by atoms with Crippen LogP contribution in [-0.2, 0) is 16.6 Å². The molecule has 7 nitrogen and oxygen atoms in total. The number of hydrogen-bond acceptors (Lipinski definition) is 5. The molecule has 8 heteroatoms. The molecule has 2 heterocycles. The van der Waals surface area contributed by atoms with Gasteiger partial charge in [0.2, 0.25) is 0 Å². The predicted molar refractivity (Wildman–Crippen MR) is 74.1 cm³/mol. The van der Waals surface area contributed by atoms with Crippen molar-refractivity contribution in [1.29, 1.82) is 0 Å². The zero-order chi connectivity index (χ0) is 14.7. The summed E-state index contributed by atoms with van der Waals surface area (Å²) in [6.07, 6.45) is 0. The summed E-state index contributed by atoms with van der Waals surface area (Å²) in [4.78, 5) is 23.7. The van der Waals surface area contributed by atoms with Crippen LogP contribution in [0, 0.1) is 6.92 Å². The molecule has 20 heavy (non-hydrogen) atoms. The third-order valence-electron chi connectivity index (χ3n) is 2.68. The molecular weight excluding hydrogens is 282 g/mol. The second kappa shape index (κ2) is 6.02. The number of carbonyl (C=O) groups is 2. The number of carbonyl (C=O) groups excluding carboxylic acids is 1. The van der Waals surface area contributed by atoms with Crippen LogP contribution in [0.15, 0.2) is 6.07 Å². The molecule has 0 aliphatic rings. The molecule has 0 unspecified atom stereocenters. The topological polar surface area (TPSA) is 93.5 Å². The average Bonchev–Trinajstić information content (AvgIpc) is 2.91. The number of carboxylic acids is 1. The Morgan fingerprint density at radius 3 is 2.95 bits per heavy atom. The van der Waals surface area contributed by atoms with Crippen molar-refractivity contribution in [2.24, 2.45) is 7.05 Å². The number of ether oxygens (including phenoxy) is 1. The number of aromatic nitrogens is 2. The fraction of sp³-hybridized carbons (Fsp3) is 0.417. The van der Waals surface area contributed by atoms with E-state index >= 15 is 0 Å². The maximum absolute atomic E-state index is 11.9. The van der Waals surface area contributed by atoms with E-state index in [9.17, 15) is 9.59 Å². The van der Waals surface area contributed by atoms with E-state index in [0.717, 1.165) is 15.9 Å². The van der Waals surface area contributed by atoms with Crippen LogP contribution in [-0.4, -0.2) is 46.5 Å². The van der Waals surface area contributed by atoms with Crippen LogP contribution >= 0.6 is 11.3 Å². The number of carboxylic acid groups (broad SMARTS) is 1. The average molecular weight is 297 g/mol. The molecule has 2 aromatic heterocycles. The van der Waals surface area contributed by atoms with Gasteiger partial charge < -0.3 is 15.2 Å². The Morgan fingerprint density at radius 1 is 1.55 bits per heavy atom. The number of fused-ring (bicyclic) bond motifs is 1. The van der Waals surface area contributed by atoms with E-state index in [2.05, 4.69) is 10.4 Å². The van der Waals surface area contributed by atoms with Crippen LogP contribution in [0.25, 0.3) is 10.2 Å². The van der Waals surface area contributed by atoms with Crippen molar-refractivity contribution in [3.05, 3.63) is 16.6 Å². The molecule has 0 aliphatic heterocycles. The summed E-state index contributed by atoms with van der Waals surface area (Å²) in [6, 6.07) is 1.82. The predicted octanol–water partition coefficient (Wildman–Crippen LogP) is 0.774. The van der Waals surface area contributed by atoms with Gasteiger partial charge in [-0.1, -0.05) is 0 Å². The Kier molecular flexibility index (Phi) is 4.35. The molecule has 2 rings (SSSR count). The Hall–Kier alpha value is -1.93. The molecule has 2 aromatic rings. The van der Waals surface area contributed by atoms with Gasteiger partial charge in [-0.25, -0.2) is 4.79 Å². The monoisotopic (exact) mass is 297 g/mol. The molecule has 108 valence electrons. The number of rotatable bonds is 6. The van der Waals surface area contributed by atoms with Gasteiger partial charge in [0.05, 0.1) is 17.2 Å². The first-order valence-electron chi connectivity index (χ1n) is 6.00. The smallest absolute Gasteiger partial charge is 0.329 e. The number of nitrogens with one attached hydrogen (secondary N) is 1. The van der Waals surface area contributed by atoms with Crippen molar-refractivity contribution in [3.63, 3.8) is 0 Å². The Labute approximate surface area is 119 Å². The highest BCUT2D eigenvalue weighted by Crippen LogP contribution is 2.27. The highest BCUT2D eigenvalue weighted by molar-refractivity contribution is 7.20. The summed E-state index contributed by atoms with van der Waals surface area (Å²) in [5.41, 5.74) is 0.891. The normalized spacial score (nSPS) is 10.9. The summed E-state index contributed by atoms with van der Waals surface area (Å²) < 4.78 is 6.59. The first-order chi connectivity index (χ1) is 9.49. The second-order valence-electron chi connectivity index (χ2n) is 4.24. The molecule has 0 spiro atoms. The Bertz CT molecular complexity index is 612. The lowest BCUT2D eigenvalue weighted by Crippen LogP contribution is -2.27. The number of hydrogen-bond donors (Lipinski definition) is 2. The van der Waals surface area contributed by atoms with Gasteiger partial charge in [0.1, 0.15) is 11.4 Å². The van der Waals surface area contributed by atoms with Crippen LogP contribution in [0.5, 0.6) is 0 Å². The molecule has 2 N–H and O–H groups in total. The van der Waals surface area contributed by atoms with Gasteiger partial charge in [0, 0.05) is 19.0 Å². The largest absolute Gasteiger partial charge is 0.480 e. The van der Waals surface area contributed by atoms with Crippen LogP contribution in [0.1, 0.15) is 15.4 Å². The lowest BCUT2D eigenvalue weighted by Gasteiger charge is -2.03. The van der Waals surface area contributed by atoms with E-state index in [-0.39, 0.29) is 25.7 Å². The van der Waals surface area contributed by atoms with E-state index in [0.29, 0.717) is 4.88 Å². The van der Waals surface area contributed by atoms with Crippen molar-refractivity contribution in [1.82, 2.24) is 15.1 Å². The minimum atomic E-state index is -1.02. The first kappa shape index (κ1) is 14.5. The SMILES string of the molecule is Cc1nn(C)c2sc(C(=O)NCCOCC(=O)O)cc12. The molecule has 0 aliphatic carbocycles. The molecule has 0 aromatic carbocycles. The van der Waals surface area contributed by atoms with Crippen LogP contribution in [0.4, 0.5) is 0 Å². The van der Waals surface area contributed by atoms with Gasteiger partial charge in [-0.05, 0) is 13.0 Å². The second-order valence-corrected chi connectivity index (χ2v) is 5.27. The van der Waals surface area contributed by atoms with Crippen molar-refractivity contribution in [2.75, 3.05) is 19.8 Å². The maximum atomic E-state index is 11.9. The number of thiophene rings is 1. The maximum Gasteiger partial charge on any atom is 0.329 e. The van der Waals surface area contributed by atoms with Gasteiger partial charge in [0.25, 0.3) is 5.91 Å². The highest BCUT2D eigenvalue weighted by atomic mass is 32.1. The number of nitrogens with zero attached hydrogens (tertiary/aromatic N) is 2. The van der Waals surface area contributed by atoms with E-state index in [1.807, 2.05) is 20.0 Å². The number of aliphatic carboxylic acids is 1. The highest BCUT2D eigenvalue weighted by Gasteiger charge is 2.14. The van der Waals surface area contributed by atoms with Gasteiger partial charge in [-0.2, -0.15) is 5.10 Å².